The van der Waals surface area contributed by atoms with Crippen LogP contribution in [0.2, 0.25) is 0 Å². The average Bonchev–Trinajstić information content (AvgIpc) is 2.70. The molecule has 1 aliphatic heterocycles. The molecular weight excluding hydrogens is 342 g/mol. The number of rotatable bonds is 6. The summed E-state index contributed by atoms with van der Waals surface area (Å²) >= 11 is 0. The lowest BCUT2D eigenvalue weighted by molar-refractivity contribution is 0.0527. The number of carbonyl (C=O) groups excluding carboxylic acids is 1. The molecule has 1 fully saturated rings. The van der Waals surface area contributed by atoms with Gasteiger partial charge in [0.2, 0.25) is 0 Å². The normalized spacial score (nSPS) is 16.8. The Morgan fingerprint density at radius 3 is 2.89 bits per heavy atom. The van der Waals surface area contributed by atoms with E-state index in [0.717, 1.165) is 31.6 Å². The second-order valence-electron chi connectivity index (χ2n) is 6.60. The first-order valence-electron chi connectivity index (χ1n) is 9.56. The predicted molar refractivity (Wildman–Crippen MR) is 107 cm³/mol. The molecule has 1 aromatic carbocycles. The maximum Gasteiger partial charge on any atom is 0.340 e. The molecule has 0 bridgehead atoms. The van der Waals surface area contributed by atoms with E-state index in [-0.39, 0.29) is 5.97 Å². The summed E-state index contributed by atoms with van der Waals surface area (Å²) in [6.07, 6.45) is 6.08. The first-order chi connectivity index (χ1) is 13.2. The fraction of sp³-hybridized carbons (Fsp3) is 0.450. The van der Waals surface area contributed by atoms with Crippen molar-refractivity contribution < 1.29 is 9.53 Å². The van der Waals surface area contributed by atoms with E-state index in [2.05, 4.69) is 27.1 Å². The lowest BCUT2D eigenvalue weighted by Gasteiger charge is -2.36. The largest absolute Gasteiger partial charge is 0.462 e. The number of esters is 1. The minimum atomic E-state index is -0.379. The van der Waals surface area contributed by atoms with Crippen LogP contribution < -0.4 is 16.0 Å². The van der Waals surface area contributed by atoms with Gasteiger partial charge >= 0.3 is 5.97 Å². The maximum absolute atomic E-state index is 12.2. The zero-order valence-electron chi connectivity index (χ0n) is 15.9. The highest BCUT2D eigenvalue weighted by Crippen LogP contribution is 2.33. The van der Waals surface area contributed by atoms with Gasteiger partial charge in [-0.25, -0.2) is 14.8 Å². The number of benzene rings is 1. The summed E-state index contributed by atoms with van der Waals surface area (Å²) in [5.74, 6) is 0.875. The number of hydrogen-bond acceptors (Lipinski definition) is 7. The Hall–Kier alpha value is -2.83. The summed E-state index contributed by atoms with van der Waals surface area (Å²) in [5, 5.41) is 3.19. The molecule has 2 heterocycles. The van der Waals surface area contributed by atoms with Crippen LogP contribution in [0.5, 0.6) is 0 Å². The first-order valence-corrected chi connectivity index (χ1v) is 9.56. The second kappa shape index (κ2) is 8.70. The number of carbonyl (C=O) groups is 1. The predicted octanol–water partition coefficient (Wildman–Crippen LogP) is 3.75. The third-order valence-corrected chi connectivity index (χ3v) is 4.91. The van der Waals surface area contributed by atoms with Crippen LogP contribution in [0.1, 0.15) is 49.9 Å². The highest BCUT2D eigenvalue weighted by atomic mass is 16.5. The number of nitrogen functional groups attached to an aromatic ring is 1. The molecule has 0 saturated carbocycles. The molecule has 144 valence electrons. The summed E-state index contributed by atoms with van der Waals surface area (Å²) in [6.45, 7) is 5.24. The van der Waals surface area contributed by atoms with Crippen molar-refractivity contribution in [2.24, 2.45) is 0 Å². The highest BCUT2D eigenvalue weighted by Gasteiger charge is 2.25. The molecule has 1 atom stereocenters. The standard InChI is InChI=1S/C20H27N5O2/c1-3-14-9-7-8-12-25(14)19-17(21)18(22-13-23-19)24-16-11-6-5-10-15(16)20(26)27-4-2/h5-6,10-11,13-14H,3-4,7-9,12,21H2,1-2H3,(H,22,23,24). The Morgan fingerprint density at radius 2 is 2.11 bits per heavy atom. The molecule has 1 aliphatic rings. The number of aromatic nitrogens is 2. The summed E-state index contributed by atoms with van der Waals surface area (Å²) in [4.78, 5) is 23.2. The van der Waals surface area contributed by atoms with Gasteiger partial charge < -0.3 is 20.7 Å². The van der Waals surface area contributed by atoms with E-state index in [1.807, 2.05) is 12.1 Å². The summed E-state index contributed by atoms with van der Waals surface area (Å²) in [5.41, 5.74) is 7.97. The fourth-order valence-electron chi connectivity index (χ4n) is 3.53. The topological polar surface area (TPSA) is 93.4 Å². The molecule has 7 nitrogen and oxygen atoms in total. The van der Waals surface area contributed by atoms with Gasteiger partial charge in [0.25, 0.3) is 0 Å². The fourth-order valence-corrected chi connectivity index (χ4v) is 3.53. The first kappa shape index (κ1) is 18.9. The highest BCUT2D eigenvalue weighted by molar-refractivity contribution is 5.97. The SMILES string of the molecule is CCOC(=O)c1ccccc1Nc1ncnc(N2CCCCC2CC)c1N. The minimum absolute atomic E-state index is 0.320. The van der Waals surface area contributed by atoms with Gasteiger partial charge in [-0.15, -0.1) is 0 Å². The van der Waals surface area contributed by atoms with Gasteiger partial charge in [0.05, 0.1) is 17.9 Å². The molecule has 3 N–H and O–H groups in total. The van der Waals surface area contributed by atoms with Crippen LogP contribution in [0.3, 0.4) is 0 Å². The number of nitrogens with zero attached hydrogens (tertiary/aromatic N) is 3. The summed E-state index contributed by atoms with van der Waals surface area (Å²) in [6, 6.07) is 7.61. The summed E-state index contributed by atoms with van der Waals surface area (Å²) < 4.78 is 5.13. The zero-order chi connectivity index (χ0) is 19.2. The van der Waals surface area contributed by atoms with Gasteiger partial charge in [-0.3, -0.25) is 0 Å². The average molecular weight is 369 g/mol. The van der Waals surface area contributed by atoms with Crippen molar-refractivity contribution in [2.45, 2.75) is 45.6 Å². The Labute approximate surface area is 159 Å². The van der Waals surface area contributed by atoms with Crippen molar-refractivity contribution in [3.8, 4) is 0 Å². The van der Waals surface area contributed by atoms with Crippen molar-refractivity contribution in [1.82, 2.24) is 9.97 Å². The third-order valence-electron chi connectivity index (χ3n) is 4.91. The molecule has 1 unspecified atom stereocenters. The molecule has 0 aliphatic carbocycles. The van der Waals surface area contributed by atoms with E-state index in [4.69, 9.17) is 10.5 Å². The second-order valence-corrected chi connectivity index (χ2v) is 6.60. The van der Waals surface area contributed by atoms with E-state index < -0.39 is 0 Å². The third kappa shape index (κ3) is 4.13. The number of piperidine rings is 1. The van der Waals surface area contributed by atoms with Crippen molar-refractivity contribution in [1.29, 1.82) is 0 Å². The number of hydrogen-bond donors (Lipinski definition) is 2. The van der Waals surface area contributed by atoms with Crippen LogP contribution in [0.4, 0.5) is 23.0 Å². The Kier molecular flexibility index (Phi) is 6.11. The number of nitrogens with one attached hydrogen (secondary N) is 1. The van der Waals surface area contributed by atoms with Gasteiger partial charge in [0.1, 0.15) is 12.0 Å². The molecule has 0 amide bonds. The minimum Gasteiger partial charge on any atom is -0.462 e. The summed E-state index contributed by atoms with van der Waals surface area (Å²) in [7, 11) is 0. The van der Waals surface area contributed by atoms with Crippen molar-refractivity contribution in [3.05, 3.63) is 36.2 Å². The molecular formula is C20H27N5O2. The van der Waals surface area contributed by atoms with Crippen molar-refractivity contribution in [3.63, 3.8) is 0 Å². The van der Waals surface area contributed by atoms with E-state index in [9.17, 15) is 4.79 Å². The number of anilines is 4. The van der Waals surface area contributed by atoms with Gasteiger partial charge in [-0.2, -0.15) is 0 Å². The van der Waals surface area contributed by atoms with Gasteiger partial charge in [-0.05, 0) is 44.7 Å². The lowest BCUT2D eigenvalue weighted by Crippen LogP contribution is -2.40. The van der Waals surface area contributed by atoms with Crippen LogP contribution in [0.25, 0.3) is 0 Å². The van der Waals surface area contributed by atoms with E-state index in [1.54, 1.807) is 19.1 Å². The van der Waals surface area contributed by atoms with Crippen LogP contribution in [-0.2, 0) is 4.74 Å². The van der Waals surface area contributed by atoms with Gasteiger partial charge in [0.15, 0.2) is 11.6 Å². The quantitative estimate of drug-likeness (QED) is 0.749. The van der Waals surface area contributed by atoms with Crippen LogP contribution in [0.15, 0.2) is 30.6 Å². The number of nitrogens with two attached hydrogens (primary N) is 1. The van der Waals surface area contributed by atoms with Gasteiger partial charge in [0, 0.05) is 12.6 Å². The number of para-hydroxylation sites is 1. The van der Waals surface area contributed by atoms with Crippen molar-refractivity contribution >= 4 is 29.0 Å². The van der Waals surface area contributed by atoms with E-state index >= 15 is 0 Å². The molecule has 2 aromatic rings. The monoisotopic (exact) mass is 369 g/mol. The smallest absolute Gasteiger partial charge is 0.340 e. The zero-order valence-corrected chi connectivity index (χ0v) is 15.9. The molecule has 0 spiro atoms. The van der Waals surface area contributed by atoms with Crippen molar-refractivity contribution in [2.75, 3.05) is 29.1 Å². The Morgan fingerprint density at radius 1 is 1.30 bits per heavy atom. The Balaban J connectivity index is 1.90. The van der Waals surface area contributed by atoms with Gasteiger partial charge in [-0.1, -0.05) is 19.1 Å². The molecule has 0 radical (unpaired) electrons. The van der Waals surface area contributed by atoms with Crippen LogP contribution >= 0.6 is 0 Å². The molecule has 27 heavy (non-hydrogen) atoms. The van der Waals surface area contributed by atoms with E-state index in [1.165, 1.54) is 12.7 Å². The van der Waals surface area contributed by atoms with Crippen LogP contribution in [-0.4, -0.2) is 35.1 Å². The van der Waals surface area contributed by atoms with E-state index in [0.29, 0.717) is 35.4 Å². The molecule has 1 saturated heterocycles. The Bertz CT molecular complexity index is 796. The molecule has 3 rings (SSSR count). The lowest BCUT2D eigenvalue weighted by atomic mass is 10.00. The van der Waals surface area contributed by atoms with Crippen LogP contribution in [0, 0.1) is 0 Å². The number of ether oxygens (including phenoxy) is 1. The molecule has 1 aromatic heterocycles. The molecule has 7 heteroatoms. The maximum atomic E-state index is 12.2.